The molecule has 0 aliphatic carbocycles. The third-order valence-electron chi connectivity index (χ3n) is 3.92. The highest BCUT2D eigenvalue weighted by Gasteiger charge is 2.13. The van der Waals surface area contributed by atoms with E-state index in [0.29, 0.717) is 19.3 Å². The van der Waals surface area contributed by atoms with Crippen LogP contribution in [0, 0.1) is 0 Å². The number of hydrogen-bond acceptors (Lipinski definition) is 4. The Morgan fingerprint density at radius 1 is 0.870 bits per heavy atom. The first-order chi connectivity index (χ1) is 11.0. The first kappa shape index (κ1) is 22.1. The van der Waals surface area contributed by atoms with E-state index in [1.807, 2.05) is 0 Å². The summed E-state index contributed by atoms with van der Waals surface area (Å²) in [6.07, 6.45) is 9.68. The molecule has 0 aromatic heterocycles. The largest absolute Gasteiger partial charge is 0.481 e. The van der Waals surface area contributed by atoms with Gasteiger partial charge in [-0.15, -0.1) is 0 Å². The van der Waals surface area contributed by atoms with Crippen LogP contribution in [0.4, 0.5) is 0 Å². The number of hydrogen-bond donors (Lipinski definition) is 4. The van der Waals surface area contributed by atoms with E-state index in [1.54, 1.807) is 0 Å². The van der Waals surface area contributed by atoms with Gasteiger partial charge in [-0.05, 0) is 19.3 Å². The summed E-state index contributed by atoms with van der Waals surface area (Å²) in [5.41, 5.74) is 0. The van der Waals surface area contributed by atoms with Crippen LogP contribution in [0.2, 0.25) is 0 Å². The van der Waals surface area contributed by atoms with Crippen LogP contribution < -0.4 is 0 Å². The molecule has 0 fully saturated rings. The second-order valence-electron chi connectivity index (χ2n) is 6.21. The topological polar surface area (TPSA) is 98.0 Å². The number of carboxylic acids is 1. The van der Waals surface area contributed by atoms with Crippen LogP contribution in [0.1, 0.15) is 77.6 Å². The number of aliphatic hydroxyl groups excluding tert-OH is 3. The molecule has 5 nitrogen and oxygen atoms in total. The van der Waals surface area contributed by atoms with E-state index in [9.17, 15) is 20.1 Å². The minimum absolute atomic E-state index is 0.0222. The Morgan fingerprint density at radius 3 is 2.09 bits per heavy atom. The highest BCUT2D eigenvalue weighted by atomic mass is 16.4. The highest BCUT2D eigenvalue weighted by molar-refractivity contribution is 5.66. The molecule has 0 aromatic carbocycles. The molecule has 0 heterocycles. The average Bonchev–Trinajstić information content (AvgIpc) is 2.51. The molecule has 5 heteroatoms. The standard InChI is InChI=1S/C18H34O5/c1-2-3-4-5-6-7-8-11-16(20)17(21)14-13-15(19)10-9-12-18(22)23/h13-17,19-21H,2-12H2,1H3,(H,22,23)/b14-13+. The Bertz CT molecular complexity index is 317. The fraction of sp³-hybridized carbons (Fsp3) is 0.833. The van der Waals surface area contributed by atoms with Crippen molar-refractivity contribution in [3.63, 3.8) is 0 Å². The van der Waals surface area contributed by atoms with E-state index >= 15 is 0 Å². The quantitative estimate of drug-likeness (QED) is 0.273. The van der Waals surface area contributed by atoms with Crippen LogP contribution in [0.15, 0.2) is 12.2 Å². The summed E-state index contributed by atoms with van der Waals surface area (Å²) in [6.45, 7) is 2.19. The molecule has 0 rings (SSSR count). The fourth-order valence-corrected chi connectivity index (χ4v) is 2.41. The molecular formula is C18H34O5. The first-order valence-corrected chi connectivity index (χ1v) is 8.91. The number of unbranched alkanes of at least 4 members (excludes halogenated alkanes) is 6. The van der Waals surface area contributed by atoms with E-state index in [1.165, 1.54) is 44.3 Å². The summed E-state index contributed by atoms with van der Waals surface area (Å²) in [7, 11) is 0. The maximum atomic E-state index is 10.4. The van der Waals surface area contributed by atoms with Crippen molar-refractivity contribution < 1.29 is 25.2 Å². The SMILES string of the molecule is CCCCCCCCCC(O)C(O)/C=C/C(O)CCCC(=O)O. The molecule has 4 N–H and O–H groups in total. The smallest absolute Gasteiger partial charge is 0.303 e. The van der Waals surface area contributed by atoms with Crippen molar-refractivity contribution in [3.8, 4) is 0 Å². The molecule has 136 valence electrons. The summed E-state index contributed by atoms with van der Waals surface area (Å²) in [5.74, 6) is -0.883. The summed E-state index contributed by atoms with van der Waals surface area (Å²) in [4.78, 5) is 10.4. The molecule has 3 unspecified atom stereocenters. The Morgan fingerprint density at radius 2 is 1.48 bits per heavy atom. The Balaban J connectivity index is 3.72. The van der Waals surface area contributed by atoms with Crippen LogP contribution in [0.3, 0.4) is 0 Å². The number of aliphatic carboxylic acids is 1. The van der Waals surface area contributed by atoms with Crippen LogP contribution in [-0.4, -0.2) is 44.7 Å². The van der Waals surface area contributed by atoms with Gasteiger partial charge >= 0.3 is 5.97 Å². The van der Waals surface area contributed by atoms with E-state index in [4.69, 9.17) is 5.11 Å². The predicted molar refractivity (Wildman–Crippen MR) is 91.3 cm³/mol. The highest BCUT2D eigenvalue weighted by Crippen LogP contribution is 2.12. The van der Waals surface area contributed by atoms with Crippen molar-refractivity contribution in [1.29, 1.82) is 0 Å². The van der Waals surface area contributed by atoms with Gasteiger partial charge in [-0.2, -0.15) is 0 Å². The molecule has 0 aromatic rings. The van der Waals surface area contributed by atoms with Gasteiger partial charge in [0.2, 0.25) is 0 Å². The third-order valence-corrected chi connectivity index (χ3v) is 3.92. The zero-order valence-electron chi connectivity index (χ0n) is 14.4. The van der Waals surface area contributed by atoms with Gasteiger partial charge in [-0.25, -0.2) is 0 Å². The van der Waals surface area contributed by atoms with Gasteiger partial charge in [0.15, 0.2) is 0 Å². The second kappa shape index (κ2) is 14.7. The molecule has 0 saturated carbocycles. The van der Waals surface area contributed by atoms with Crippen LogP contribution in [0.25, 0.3) is 0 Å². The molecule has 0 spiro atoms. The molecular weight excluding hydrogens is 296 g/mol. The monoisotopic (exact) mass is 330 g/mol. The maximum absolute atomic E-state index is 10.4. The second-order valence-corrected chi connectivity index (χ2v) is 6.21. The van der Waals surface area contributed by atoms with Crippen molar-refractivity contribution in [2.24, 2.45) is 0 Å². The van der Waals surface area contributed by atoms with Crippen molar-refractivity contribution in [3.05, 3.63) is 12.2 Å². The van der Waals surface area contributed by atoms with E-state index < -0.39 is 24.3 Å². The molecule has 23 heavy (non-hydrogen) atoms. The first-order valence-electron chi connectivity index (χ1n) is 8.91. The average molecular weight is 330 g/mol. The predicted octanol–water partition coefficient (Wildman–Crippen LogP) is 3.02. The van der Waals surface area contributed by atoms with Gasteiger partial charge in [-0.3, -0.25) is 4.79 Å². The number of rotatable bonds is 15. The lowest BCUT2D eigenvalue weighted by molar-refractivity contribution is -0.137. The van der Waals surface area contributed by atoms with Crippen molar-refractivity contribution >= 4 is 5.97 Å². The van der Waals surface area contributed by atoms with Gasteiger partial charge in [0, 0.05) is 6.42 Å². The van der Waals surface area contributed by atoms with Crippen molar-refractivity contribution in [1.82, 2.24) is 0 Å². The molecule has 0 aliphatic heterocycles. The Labute approximate surface area is 140 Å². The lowest BCUT2D eigenvalue weighted by atomic mass is 10.0. The molecule has 0 aliphatic rings. The van der Waals surface area contributed by atoms with Crippen LogP contribution in [-0.2, 0) is 4.79 Å². The molecule has 0 radical (unpaired) electrons. The maximum Gasteiger partial charge on any atom is 0.303 e. The van der Waals surface area contributed by atoms with Gasteiger partial charge < -0.3 is 20.4 Å². The fourth-order valence-electron chi connectivity index (χ4n) is 2.41. The van der Waals surface area contributed by atoms with E-state index in [2.05, 4.69) is 6.92 Å². The number of aliphatic hydroxyl groups is 3. The van der Waals surface area contributed by atoms with Gasteiger partial charge in [-0.1, -0.05) is 64.0 Å². The number of carbonyl (C=O) groups is 1. The molecule has 3 atom stereocenters. The minimum atomic E-state index is -0.982. The van der Waals surface area contributed by atoms with Crippen LogP contribution >= 0.6 is 0 Å². The normalized spacial score (nSPS) is 15.7. The summed E-state index contributed by atoms with van der Waals surface area (Å²) >= 11 is 0. The summed E-state index contributed by atoms with van der Waals surface area (Å²) in [5, 5.41) is 37.8. The van der Waals surface area contributed by atoms with E-state index in [-0.39, 0.29) is 6.42 Å². The summed E-state index contributed by atoms with van der Waals surface area (Å²) in [6, 6.07) is 0. The molecule has 0 saturated heterocycles. The Hall–Kier alpha value is -0.910. The lowest BCUT2D eigenvalue weighted by Gasteiger charge is -2.15. The minimum Gasteiger partial charge on any atom is -0.481 e. The zero-order valence-corrected chi connectivity index (χ0v) is 14.4. The zero-order chi connectivity index (χ0) is 17.5. The van der Waals surface area contributed by atoms with E-state index in [0.717, 1.165) is 12.8 Å². The molecule has 0 bridgehead atoms. The summed E-state index contributed by atoms with van der Waals surface area (Å²) < 4.78 is 0. The van der Waals surface area contributed by atoms with Crippen molar-refractivity contribution in [2.45, 2.75) is 95.9 Å². The van der Waals surface area contributed by atoms with Gasteiger partial charge in [0.1, 0.15) is 0 Å². The van der Waals surface area contributed by atoms with Gasteiger partial charge in [0.05, 0.1) is 18.3 Å². The van der Waals surface area contributed by atoms with Gasteiger partial charge in [0.25, 0.3) is 0 Å². The van der Waals surface area contributed by atoms with Crippen LogP contribution in [0.5, 0.6) is 0 Å². The number of carboxylic acid groups (broad SMARTS) is 1. The van der Waals surface area contributed by atoms with Crippen molar-refractivity contribution in [2.75, 3.05) is 0 Å². The Kier molecular flexibility index (Phi) is 14.1. The molecule has 0 amide bonds. The lowest BCUT2D eigenvalue weighted by Crippen LogP contribution is -2.24. The third kappa shape index (κ3) is 14.4.